The Balaban J connectivity index is 1.32. The number of benzene rings is 3. The minimum atomic E-state index is -0.491. The van der Waals surface area contributed by atoms with Gasteiger partial charge in [-0.15, -0.1) is 0 Å². The average molecular weight is 447 g/mol. The van der Waals surface area contributed by atoms with E-state index in [1.54, 1.807) is 33.4 Å². The molecule has 0 bridgehead atoms. The van der Waals surface area contributed by atoms with Crippen LogP contribution in [0.4, 0.5) is 0 Å². The van der Waals surface area contributed by atoms with E-state index in [1.165, 1.54) is 11.2 Å². The molecule has 1 heterocycles. The van der Waals surface area contributed by atoms with Crippen LogP contribution in [0.1, 0.15) is 11.1 Å². The molecule has 7 heteroatoms. The highest BCUT2D eigenvalue weighted by Crippen LogP contribution is 2.26. The molecule has 0 aliphatic heterocycles. The standard InChI is InChI=1S/C26H25NO6/c1-27(14-17-4-5-19-11-21(30-2)7-6-18(19)10-17)25(28)16-33-26(29)12-20-15-32-24-13-22(31-3)8-9-23(20)24/h4-11,13,15H,12,14,16H2,1-3H3. The Labute approximate surface area is 191 Å². The van der Waals surface area contributed by atoms with Gasteiger partial charge in [0, 0.05) is 30.6 Å². The fourth-order valence-electron chi connectivity index (χ4n) is 3.65. The number of furan rings is 1. The van der Waals surface area contributed by atoms with Gasteiger partial charge < -0.3 is 23.5 Å². The first-order chi connectivity index (χ1) is 16.0. The van der Waals surface area contributed by atoms with E-state index in [1.807, 2.05) is 42.5 Å². The molecule has 0 spiro atoms. The Hall–Kier alpha value is -4.00. The zero-order valence-electron chi connectivity index (χ0n) is 18.8. The maximum Gasteiger partial charge on any atom is 0.310 e. The first kappa shape index (κ1) is 22.2. The lowest BCUT2D eigenvalue weighted by Gasteiger charge is -2.17. The van der Waals surface area contributed by atoms with Crippen molar-refractivity contribution in [3.05, 3.63) is 72.0 Å². The second-order valence-electron chi connectivity index (χ2n) is 7.76. The fraction of sp³-hybridized carbons (Fsp3) is 0.231. The van der Waals surface area contributed by atoms with Crippen LogP contribution in [0, 0.1) is 0 Å². The molecule has 4 rings (SSSR count). The van der Waals surface area contributed by atoms with Crippen molar-refractivity contribution in [2.75, 3.05) is 27.9 Å². The van der Waals surface area contributed by atoms with Crippen LogP contribution >= 0.6 is 0 Å². The molecule has 3 aromatic carbocycles. The van der Waals surface area contributed by atoms with Crippen molar-refractivity contribution in [2.45, 2.75) is 13.0 Å². The van der Waals surface area contributed by atoms with E-state index in [0.29, 0.717) is 23.4 Å². The second kappa shape index (κ2) is 9.65. The number of nitrogens with zero attached hydrogens (tertiary/aromatic N) is 1. The molecule has 0 aliphatic carbocycles. The highest BCUT2D eigenvalue weighted by molar-refractivity contribution is 5.88. The highest BCUT2D eigenvalue weighted by atomic mass is 16.5. The predicted octanol–water partition coefficient (Wildman–Crippen LogP) is 4.35. The maximum absolute atomic E-state index is 12.5. The summed E-state index contributed by atoms with van der Waals surface area (Å²) >= 11 is 0. The fourth-order valence-corrected chi connectivity index (χ4v) is 3.65. The van der Waals surface area contributed by atoms with Crippen molar-refractivity contribution < 1.29 is 28.2 Å². The van der Waals surface area contributed by atoms with Gasteiger partial charge in [0.25, 0.3) is 5.91 Å². The Morgan fingerprint density at radius 3 is 2.39 bits per heavy atom. The third kappa shape index (κ3) is 5.09. The zero-order chi connectivity index (χ0) is 23.4. The SMILES string of the molecule is COc1ccc2cc(CN(C)C(=O)COC(=O)Cc3coc4cc(OC)ccc34)ccc2c1. The predicted molar refractivity (Wildman–Crippen MR) is 124 cm³/mol. The molecule has 1 amide bonds. The van der Waals surface area contributed by atoms with Crippen LogP contribution in [0.25, 0.3) is 21.7 Å². The molecule has 1 aromatic heterocycles. The third-order valence-corrected chi connectivity index (χ3v) is 5.51. The van der Waals surface area contributed by atoms with E-state index in [2.05, 4.69) is 0 Å². The summed E-state index contributed by atoms with van der Waals surface area (Å²) in [6.07, 6.45) is 1.54. The molecule has 0 saturated carbocycles. The summed E-state index contributed by atoms with van der Waals surface area (Å²) in [7, 11) is 4.90. The summed E-state index contributed by atoms with van der Waals surface area (Å²) < 4.78 is 21.1. The molecule has 0 saturated heterocycles. The number of hydrogen-bond acceptors (Lipinski definition) is 6. The molecular weight excluding hydrogens is 422 g/mol. The summed E-state index contributed by atoms with van der Waals surface area (Å²) in [6, 6.07) is 17.2. The molecule has 170 valence electrons. The largest absolute Gasteiger partial charge is 0.497 e. The molecule has 0 radical (unpaired) electrons. The number of amides is 1. The van der Waals surface area contributed by atoms with Gasteiger partial charge in [0.1, 0.15) is 17.1 Å². The number of methoxy groups -OCH3 is 2. The summed E-state index contributed by atoms with van der Waals surface area (Å²) in [5, 5.41) is 2.93. The van der Waals surface area contributed by atoms with Crippen molar-refractivity contribution in [2.24, 2.45) is 0 Å². The van der Waals surface area contributed by atoms with Crippen LogP contribution in [-0.2, 0) is 27.3 Å². The van der Waals surface area contributed by atoms with Gasteiger partial charge >= 0.3 is 5.97 Å². The van der Waals surface area contributed by atoms with Gasteiger partial charge in [-0.1, -0.05) is 18.2 Å². The minimum absolute atomic E-state index is 0.0183. The quantitative estimate of drug-likeness (QED) is 0.374. The van der Waals surface area contributed by atoms with Crippen molar-refractivity contribution in [3.8, 4) is 11.5 Å². The van der Waals surface area contributed by atoms with Crippen molar-refractivity contribution in [1.82, 2.24) is 4.90 Å². The molecule has 0 unspecified atom stereocenters. The topological polar surface area (TPSA) is 78.2 Å². The summed E-state index contributed by atoms with van der Waals surface area (Å²) in [5.41, 5.74) is 2.31. The molecule has 0 aliphatic rings. The summed E-state index contributed by atoms with van der Waals surface area (Å²) in [4.78, 5) is 26.3. The van der Waals surface area contributed by atoms with Crippen LogP contribution in [-0.4, -0.2) is 44.7 Å². The van der Waals surface area contributed by atoms with Gasteiger partial charge in [-0.05, 0) is 46.7 Å². The number of rotatable bonds is 8. The highest BCUT2D eigenvalue weighted by Gasteiger charge is 2.16. The normalized spacial score (nSPS) is 10.9. The number of carbonyl (C=O) groups excluding carboxylic acids is 2. The number of esters is 1. The molecule has 7 nitrogen and oxygen atoms in total. The van der Waals surface area contributed by atoms with Crippen LogP contribution in [0.2, 0.25) is 0 Å². The summed E-state index contributed by atoms with van der Waals surface area (Å²) in [5.74, 6) is 0.702. The van der Waals surface area contributed by atoms with Crippen molar-refractivity contribution in [1.29, 1.82) is 0 Å². The van der Waals surface area contributed by atoms with E-state index in [4.69, 9.17) is 18.6 Å². The van der Waals surface area contributed by atoms with E-state index in [9.17, 15) is 9.59 Å². The van der Waals surface area contributed by atoms with Crippen molar-refractivity contribution in [3.63, 3.8) is 0 Å². The smallest absolute Gasteiger partial charge is 0.310 e. The number of likely N-dealkylation sites (N-methyl/N-ethyl adjacent to an activating group) is 1. The second-order valence-corrected chi connectivity index (χ2v) is 7.76. The van der Waals surface area contributed by atoms with Crippen LogP contribution in [0.5, 0.6) is 11.5 Å². The maximum atomic E-state index is 12.5. The Morgan fingerprint density at radius 2 is 1.61 bits per heavy atom. The molecule has 0 N–H and O–H groups in total. The van der Waals surface area contributed by atoms with Crippen molar-refractivity contribution >= 4 is 33.6 Å². The Morgan fingerprint density at radius 1 is 0.909 bits per heavy atom. The van der Waals surface area contributed by atoms with Crippen LogP contribution in [0.15, 0.2) is 65.3 Å². The van der Waals surface area contributed by atoms with E-state index >= 15 is 0 Å². The number of carbonyl (C=O) groups is 2. The van der Waals surface area contributed by atoms with Gasteiger partial charge in [0.15, 0.2) is 6.61 Å². The Kier molecular flexibility index (Phi) is 6.49. The molecule has 33 heavy (non-hydrogen) atoms. The average Bonchev–Trinajstić information content (AvgIpc) is 3.23. The van der Waals surface area contributed by atoms with Gasteiger partial charge in [-0.3, -0.25) is 9.59 Å². The third-order valence-electron chi connectivity index (χ3n) is 5.51. The first-order valence-corrected chi connectivity index (χ1v) is 10.5. The lowest BCUT2D eigenvalue weighted by atomic mass is 10.1. The van der Waals surface area contributed by atoms with Crippen LogP contribution in [0.3, 0.4) is 0 Å². The van der Waals surface area contributed by atoms with Gasteiger partial charge in [-0.25, -0.2) is 0 Å². The van der Waals surface area contributed by atoms with Gasteiger partial charge in [0.05, 0.1) is 26.9 Å². The number of ether oxygens (including phenoxy) is 3. The zero-order valence-corrected chi connectivity index (χ0v) is 18.8. The van der Waals surface area contributed by atoms with E-state index in [0.717, 1.165) is 27.5 Å². The number of fused-ring (bicyclic) bond motifs is 2. The lowest BCUT2D eigenvalue weighted by Crippen LogP contribution is -2.31. The first-order valence-electron chi connectivity index (χ1n) is 10.5. The van der Waals surface area contributed by atoms with Gasteiger partial charge in [-0.2, -0.15) is 0 Å². The molecule has 0 atom stereocenters. The van der Waals surface area contributed by atoms with E-state index < -0.39 is 5.97 Å². The Bertz CT molecular complexity index is 1310. The lowest BCUT2D eigenvalue weighted by molar-refractivity contribution is -0.151. The minimum Gasteiger partial charge on any atom is -0.497 e. The van der Waals surface area contributed by atoms with Gasteiger partial charge in [0.2, 0.25) is 0 Å². The summed E-state index contributed by atoms with van der Waals surface area (Å²) in [6.45, 7) is 0.0935. The molecule has 0 fully saturated rings. The van der Waals surface area contributed by atoms with E-state index in [-0.39, 0.29) is 18.9 Å². The number of hydrogen-bond donors (Lipinski definition) is 0. The molecule has 4 aromatic rings. The monoisotopic (exact) mass is 447 g/mol. The van der Waals surface area contributed by atoms with Crippen LogP contribution < -0.4 is 9.47 Å². The molecular formula is C26H25NO6.